The van der Waals surface area contributed by atoms with E-state index in [0.29, 0.717) is 54.5 Å². The Balaban J connectivity index is 0.890. The Morgan fingerprint density at radius 3 is 2.68 bits per heavy atom. The number of aromatic hydroxyl groups is 1. The van der Waals surface area contributed by atoms with Crippen molar-refractivity contribution in [2.75, 3.05) is 0 Å². The van der Waals surface area contributed by atoms with Crippen molar-refractivity contribution in [3.05, 3.63) is 118 Å². The Labute approximate surface area is 322 Å². The number of H-pyrrole nitrogens is 1. The summed E-state index contributed by atoms with van der Waals surface area (Å²) < 4.78 is 27.4. The second kappa shape index (κ2) is 12.3. The molecule has 1 aliphatic carbocycles. The number of carbonyl (C=O) groups excluding carboxylic acids is 1. The van der Waals surface area contributed by atoms with E-state index in [0.717, 1.165) is 28.5 Å². The third-order valence-corrected chi connectivity index (χ3v) is 12.5. The van der Waals surface area contributed by atoms with Crippen molar-refractivity contribution < 1.29 is 28.5 Å². The molecule has 1 aromatic carbocycles. The van der Waals surface area contributed by atoms with E-state index in [4.69, 9.17) is 30.1 Å². The van der Waals surface area contributed by atoms with E-state index < -0.39 is 29.2 Å². The van der Waals surface area contributed by atoms with Crippen LogP contribution in [-0.4, -0.2) is 56.1 Å². The molecular weight excluding hydrogens is 713 g/mol. The molecule has 0 saturated carbocycles. The number of hydrogen-bond acceptors (Lipinski definition) is 11. The number of rotatable bonds is 6. The maximum Gasteiger partial charge on any atom is 0.342 e. The zero-order valence-electron chi connectivity index (χ0n) is 31.5. The average Bonchev–Trinajstić information content (AvgIpc) is 3.48. The van der Waals surface area contributed by atoms with E-state index >= 15 is 0 Å². The lowest BCUT2D eigenvalue weighted by atomic mass is 9.69. The Morgan fingerprint density at radius 1 is 1.04 bits per heavy atom. The molecule has 8 unspecified atom stereocenters. The molecule has 0 amide bonds. The van der Waals surface area contributed by atoms with Crippen LogP contribution in [0, 0.1) is 18.8 Å². The number of allylic oxidation sites excluding steroid dienone is 3. The fraction of sp³-hybridized carbons (Fsp3) is 0.395. The van der Waals surface area contributed by atoms with E-state index in [1.165, 1.54) is 6.07 Å². The minimum atomic E-state index is -1.13. The van der Waals surface area contributed by atoms with Gasteiger partial charge in [-0.15, -0.1) is 0 Å². The molecule has 0 radical (unpaired) electrons. The molecule has 11 rings (SSSR count). The number of ether oxygens (including phenoxy) is 3. The zero-order valence-corrected chi connectivity index (χ0v) is 31.5. The number of nitrogens with one attached hydrogen (secondary N) is 3. The van der Waals surface area contributed by atoms with E-state index in [2.05, 4.69) is 62.9 Å². The van der Waals surface area contributed by atoms with Gasteiger partial charge in [-0.2, -0.15) is 0 Å². The summed E-state index contributed by atoms with van der Waals surface area (Å²) in [5.41, 5.74) is 14.3. The molecule has 56 heavy (non-hydrogen) atoms. The first kappa shape index (κ1) is 34.7. The summed E-state index contributed by atoms with van der Waals surface area (Å²) in [6.07, 6.45) is 20.2. The second-order valence-corrected chi connectivity index (χ2v) is 16.7. The van der Waals surface area contributed by atoms with E-state index in [9.17, 15) is 14.7 Å². The van der Waals surface area contributed by atoms with Gasteiger partial charge in [-0.3, -0.25) is 4.79 Å². The summed E-state index contributed by atoms with van der Waals surface area (Å²) in [6, 6.07) is 4.90. The van der Waals surface area contributed by atoms with Gasteiger partial charge in [0.2, 0.25) is 0 Å². The molecule has 6 aliphatic heterocycles. The van der Waals surface area contributed by atoms with E-state index in [-0.39, 0.29) is 52.2 Å². The summed E-state index contributed by atoms with van der Waals surface area (Å²) in [6.45, 7) is 6.18. The Kier molecular flexibility index (Phi) is 7.64. The number of nitrogens with zero attached hydrogens (tertiary/aromatic N) is 1. The number of esters is 1. The fourth-order valence-electron chi connectivity index (χ4n) is 9.98. The number of fused-ring (bicyclic) bond motifs is 5. The monoisotopic (exact) mass is 758 g/mol. The number of phenols is 1. The first-order valence-electron chi connectivity index (χ1n) is 19.5. The van der Waals surface area contributed by atoms with Crippen molar-refractivity contribution in [2.45, 2.75) is 94.4 Å². The number of aryl methyl sites for hydroxylation is 1. The van der Waals surface area contributed by atoms with Gasteiger partial charge in [-0.1, -0.05) is 24.3 Å². The topological polar surface area (TPSA) is 195 Å². The fourth-order valence-corrected chi connectivity index (χ4v) is 9.98. The van der Waals surface area contributed by atoms with Gasteiger partial charge in [0.05, 0.1) is 35.3 Å². The van der Waals surface area contributed by atoms with Gasteiger partial charge in [-0.05, 0) is 81.7 Å². The van der Waals surface area contributed by atoms with Crippen molar-refractivity contribution in [2.24, 2.45) is 23.3 Å². The van der Waals surface area contributed by atoms with Gasteiger partial charge in [0.25, 0.3) is 0 Å². The van der Waals surface area contributed by atoms with Crippen molar-refractivity contribution >= 4 is 27.8 Å². The largest absolute Gasteiger partial charge is 0.507 e. The lowest BCUT2D eigenvalue weighted by molar-refractivity contribution is -0.172. The number of epoxide rings is 1. The minimum absolute atomic E-state index is 0.0190. The van der Waals surface area contributed by atoms with Crippen molar-refractivity contribution in [3.63, 3.8) is 0 Å². The highest BCUT2D eigenvalue weighted by Gasteiger charge is 2.69. The molecule has 4 aromatic rings. The van der Waals surface area contributed by atoms with Gasteiger partial charge < -0.3 is 55.4 Å². The lowest BCUT2D eigenvalue weighted by Crippen LogP contribution is -2.53. The predicted molar refractivity (Wildman–Crippen MR) is 209 cm³/mol. The summed E-state index contributed by atoms with van der Waals surface area (Å²) in [5, 5.41) is 19.7. The SMILES string of the molecule is Cc1cc(=O)c2c(O)c3c(cc2o1)OC(C)(C)C1OC(=O)C2(OC2CCC2=CC(C4=CC(Cn5cc6cc[nH]c6c5)NC(N)=C4)NC(N)=C2)C2C=CC(CC2)C31. The number of phenolic OH excluding ortho intramolecular Hbond substituents is 1. The number of aromatic nitrogens is 2. The molecule has 2 saturated heterocycles. The normalized spacial score (nSPS) is 31.3. The molecule has 9 heterocycles. The van der Waals surface area contributed by atoms with Gasteiger partial charge in [0.1, 0.15) is 39.9 Å². The number of dihydropyridines is 2. The molecule has 8 N–H and O–H groups in total. The molecule has 2 bridgehead atoms. The highest BCUT2D eigenvalue weighted by atomic mass is 16.7. The van der Waals surface area contributed by atoms with Crippen LogP contribution in [0.3, 0.4) is 0 Å². The van der Waals surface area contributed by atoms with Crippen LogP contribution in [0.4, 0.5) is 0 Å². The van der Waals surface area contributed by atoms with Crippen LogP contribution in [0.25, 0.3) is 21.9 Å². The van der Waals surface area contributed by atoms with Crippen LogP contribution in [0.1, 0.15) is 56.8 Å². The smallest absolute Gasteiger partial charge is 0.342 e. The van der Waals surface area contributed by atoms with Crippen LogP contribution >= 0.6 is 0 Å². The Bertz CT molecular complexity index is 2510. The zero-order chi connectivity index (χ0) is 38.7. The van der Waals surface area contributed by atoms with E-state index in [1.807, 2.05) is 32.2 Å². The second-order valence-electron chi connectivity index (χ2n) is 16.7. The van der Waals surface area contributed by atoms with Crippen molar-refractivity contribution in [1.29, 1.82) is 0 Å². The highest BCUT2D eigenvalue weighted by Crippen LogP contribution is 2.58. The number of benzene rings is 1. The summed E-state index contributed by atoms with van der Waals surface area (Å²) in [4.78, 5) is 30.8. The van der Waals surface area contributed by atoms with E-state index in [1.54, 1.807) is 13.0 Å². The molecular formula is C43H46N6O7. The molecule has 13 heteroatoms. The average molecular weight is 759 g/mol. The third-order valence-electron chi connectivity index (χ3n) is 12.5. The lowest BCUT2D eigenvalue weighted by Gasteiger charge is -2.46. The standard InChI is InChI=1S/C43H46N6O7/c1-21-12-30(50)37-31(53-21)17-32-38(39(37)51)36-23-5-7-26(8-6-23)43(41(52)54-40(36)42(2,3)55-32)33(56-43)9-4-22-13-28(48-34(44)14-22)25-15-27(47-35(45)16-25)19-49-18-24-10-11-46-29(24)20-49/h5,7,10-18,20,23,26-28,33,36,40,46-48,51H,4,6,8-9,19,44-45H2,1-3H3. The third kappa shape index (κ3) is 5.54. The number of carbonyl (C=O) groups is 1. The molecule has 8 atom stereocenters. The van der Waals surface area contributed by atoms with Crippen LogP contribution in [-0.2, 0) is 20.8 Å². The number of hydrogen-bond donors (Lipinski definition) is 6. The van der Waals surface area contributed by atoms with Gasteiger partial charge in [0.15, 0.2) is 11.0 Å². The maximum absolute atomic E-state index is 14.5. The van der Waals surface area contributed by atoms with Crippen molar-refractivity contribution in [1.82, 2.24) is 20.2 Å². The predicted octanol–water partition coefficient (Wildman–Crippen LogP) is 4.87. The number of aromatic amines is 1. The summed E-state index contributed by atoms with van der Waals surface area (Å²) in [7, 11) is 0. The molecule has 1 spiro atoms. The summed E-state index contributed by atoms with van der Waals surface area (Å²) >= 11 is 0. The molecule has 290 valence electrons. The maximum atomic E-state index is 14.5. The van der Waals surface area contributed by atoms with Crippen LogP contribution in [0.5, 0.6) is 11.5 Å². The molecule has 2 fully saturated rings. The van der Waals surface area contributed by atoms with Crippen LogP contribution < -0.4 is 32.3 Å². The van der Waals surface area contributed by atoms with Gasteiger partial charge in [0, 0.05) is 60.1 Å². The Morgan fingerprint density at radius 2 is 1.88 bits per heavy atom. The Hall–Kier alpha value is -5.82. The molecule has 3 aromatic heterocycles. The minimum Gasteiger partial charge on any atom is -0.507 e. The van der Waals surface area contributed by atoms with Crippen molar-refractivity contribution in [3.8, 4) is 11.5 Å². The van der Waals surface area contributed by atoms with Crippen LogP contribution in [0.15, 0.2) is 105 Å². The molecule has 7 aliphatic rings. The first-order valence-corrected chi connectivity index (χ1v) is 19.5. The quantitative estimate of drug-likeness (QED) is 0.0893. The van der Waals surface area contributed by atoms with Crippen LogP contribution in [0.2, 0.25) is 0 Å². The molecule has 13 nitrogen and oxygen atoms in total. The van der Waals surface area contributed by atoms with Gasteiger partial charge in [-0.25, -0.2) is 4.79 Å². The number of nitrogens with two attached hydrogens (primary N) is 2. The summed E-state index contributed by atoms with van der Waals surface area (Å²) in [5.74, 6) is 0.682. The van der Waals surface area contributed by atoms with Gasteiger partial charge >= 0.3 is 5.97 Å². The first-order chi connectivity index (χ1) is 26.9. The highest BCUT2D eigenvalue weighted by molar-refractivity contribution is 5.88.